The zero-order chi connectivity index (χ0) is 11.4. The van der Waals surface area contributed by atoms with Gasteiger partial charge in [-0.3, -0.25) is 10.1 Å². The lowest BCUT2D eigenvalue weighted by molar-refractivity contribution is -0.402. The van der Waals surface area contributed by atoms with Crippen molar-refractivity contribution in [2.24, 2.45) is 0 Å². The molecular weight excluding hydrogens is 206 g/mol. The van der Waals surface area contributed by atoms with Crippen molar-refractivity contribution in [2.45, 2.75) is 19.6 Å². The quantitative estimate of drug-likeness (QED) is 0.584. The zero-order valence-electron chi connectivity index (χ0n) is 7.87. The van der Waals surface area contributed by atoms with Crippen molar-refractivity contribution in [3.63, 3.8) is 0 Å². The van der Waals surface area contributed by atoms with Crippen molar-refractivity contribution in [2.75, 3.05) is 0 Å². The molecule has 15 heavy (non-hydrogen) atoms. The van der Waals surface area contributed by atoms with Crippen LogP contribution in [0.5, 0.6) is 0 Å². The highest BCUT2D eigenvalue weighted by Crippen LogP contribution is 2.16. The maximum absolute atomic E-state index is 10.4. The average Bonchev–Trinajstić information content (AvgIpc) is 2.62. The summed E-state index contributed by atoms with van der Waals surface area (Å²) in [6.45, 7) is 1.25. The van der Waals surface area contributed by atoms with Gasteiger partial charge in [-0.2, -0.15) is 0 Å². The Balaban J connectivity index is 2.51. The first-order chi connectivity index (χ1) is 7.00. The predicted molar refractivity (Wildman–Crippen MR) is 47.2 cm³/mol. The maximum atomic E-state index is 10.4. The molecule has 0 spiro atoms. The number of aliphatic carboxylic acids is 1. The van der Waals surface area contributed by atoms with Gasteiger partial charge in [0, 0.05) is 0 Å². The molecule has 1 atom stereocenters. The summed E-state index contributed by atoms with van der Waals surface area (Å²) < 4.78 is 9.62. The van der Waals surface area contributed by atoms with Crippen LogP contribution in [0.2, 0.25) is 0 Å². The van der Waals surface area contributed by atoms with Crippen LogP contribution in [0.4, 0.5) is 5.88 Å². The number of carbonyl (C=O) groups is 1. The molecule has 0 radical (unpaired) electrons. The van der Waals surface area contributed by atoms with E-state index in [-0.39, 0.29) is 12.4 Å². The van der Waals surface area contributed by atoms with E-state index in [2.05, 4.69) is 0 Å². The molecule has 1 rings (SSSR count). The summed E-state index contributed by atoms with van der Waals surface area (Å²) in [5.41, 5.74) is 0. The van der Waals surface area contributed by atoms with E-state index in [4.69, 9.17) is 14.3 Å². The predicted octanol–water partition coefficient (Wildman–Crippen LogP) is 1.18. The Labute approximate surface area is 84.4 Å². The van der Waals surface area contributed by atoms with Crippen LogP contribution in [0, 0.1) is 10.1 Å². The van der Waals surface area contributed by atoms with Crippen LogP contribution < -0.4 is 0 Å². The Kier molecular flexibility index (Phi) is 3.40. The summed E-state index contributed by atoms with van der Waals surface area (Å²) in [5, 5.41) is 18.7. The van der Waals surface area contributed by atoms with Crippen LogP contribution >= 0.6 is 0 Å². The van der Waals surface area contributed by atoms with E-state index >= 15 is 0 Å². The molecule has 7 nitrogen and oxygen atoms in total. The molecule has 0 unspecified atom stereocenters. The summed E-state index contributed by atoms with van der Waals surface area (Å²) in [4.78, 5) is 19.9. The highest BCUT2D eigenvalue weighted by molar-refractivity contribution is 5.71. The monoisotopic (exact) mass is 215 g/mol. The molecule has 0 aliphatic heterocycles. The van der Waals surface area contributed by atoms with Crippen molar-refractivity contribution in [1.29, 1.82) is 0 Å². The first kappa shape index (κ1) is 11.2. The molecule has 1 N–H and O–H groups in total. The van der Waals surface area contributed by atoms with Gasteiger partial charge in [-0.25, -0.2) is 4.79 Å². The zero-order valence-corrected chi connectivity index (χ0v) is 7.87. The number of ether oxygens (including phenoxy) is 1. The SMILES string of the molecule is C[C@@H](OCc1ccc([N+](=O)[O-])o1)C(=O)O. The number of nitrogens with zero attached hydrogens (tertiary/aromatic N) is 1. The summed E-state index contributed by atoms with van der Waals surface area (Å²) in [6, 6.07) is 2.55. The molecule has 0 saturated carbocycles. The highest BCUT2D eigenvalue weighted by atomic mass is 16.6. The fourth-order valence-electron chi connectivity index (χ4n) is 0.821. The van der Waals surface area contributed by atoms with E-state index < -0.39 is 22.9 Å². The van der Waals surface area contributed by atoms with Gasteiger partial charge in [-0.15, -0.1) is 0 Å². The molecule has 0 amide bonds. The first-order valence-corrected chi connectivity index (χ1v) is 4.08. The van der Waals surface area contributed by atoms with Crippen molar-refractivity contribution < 1.29 is 24.0 Å². The third kappa shape index (κ3) is 3.06. The van der Waals surface area contributed by atoms with E-state index in [1.54, 1.807) is 0 Å². The van der Waals surface area contributed by atoms with Crippen LogP contribution in [0.15, 0.2) is 16.5 Å². The van der Waals surface area contributed by atoms with Gasteiger partial charge in [0.05, 0.1) is 6.07 Å². The number of carboxylic acid groups (broad SMARTS) is 1. The molecule has 0 aliphatic carbocycles. The molecule has 0 fully saturated rings. The Morgan fingerprint density at radius 1 is 1.73 bits per heavy atom. The van der Waals surface area contributed by atoms with Gasteiger partial charge in [0.2, 0.25) is 0 Å². The van der Waals surface area contributed by atoms with Gasteiger partial charge in [0.15, 0.2) is 6.10 Å². The minimum absolute atomic E-state index is 0.110. The van der Waals surface area contributed by atoms with Crippen molar-refractivity contribution in [1.82, 2.24) is 0 Å². The van der Waals surface area contributed by atoms with Crippen molar-refractivity contribution >= 4 is 11.9 Å². The summed E-state index contributed by atoms with van der Waals surface area (Å²) in [7, 11) is 0. The molecule has 7 heteroatoms. The minimum Gasteiger partial charge on any atom is -0.479 e. The third-order valence-electron chi connectivity index (χ3n) is 1.65. The summed E-state index contributed by atoms with van der Waals surface area (Å²) in [5.74, 6) is -1.28. The van der Waals surface area contributed by atoms with E-state index in [9.17, 15) is 14.9 Å². The van der Waals surface area contributed by atoms with Crippen LogP contribution in [0.3, 0.4) is 0 Å². The standard InChI is InChI=1S/C8H9NO6/c1-5(8(10)11)14-4-6-2-3-7(15-6)9(12)13/h2-3,5H,4H2,1H3,(H,10,11)/t5-/m1/s1. The molecule has 1 heterocycles. The summed E-state index contributed by atoms with van der Waals surface area (Å²) in [6.07, 6.45) is -0.978. The lowest BCUT2D eigenvalue weighted by Crippen LogP contribution is -2.19. The van der Waals surface area contributed by atoms with Gasteiger partial charge in [-0.1, -0.05) is 0 Å². The lowest BCUT2D eigenvalue weighted by atomic mass is 10.4. The minimum atomic E-state index is -1.10. The van der Waals surface area contributed by atoms with Crippen molar-refractivity contribution in [3.05, 3.63) is 28.0 Å². The Hall–Kier alpha value is -1.89. The molecule has 82 valence electrons. The first-order valence-electron chi connectivity index (χ1n) is 4.08. The van der Waals surface area contributed by atoms with E-state index in [1.807, 2.05) is 0 Å². The van der Waals surface area contributed by atoms with Crippen LogP contribution in [0.1, 0.15) is 12.7 Å². The maximum Gasteiger partial charge on any atom is 0.433 e. The number of rotatable bonds is 5. The number of hydrogen-bond acceptors (Lipinski definition) is 5. The van der Waals surface area contributed by atoms with E-state index in [0.717, 1.165) is 0 Å². The van der Waals surface area contributed by atoms with Crippen LogP contribution in [-0.4, -0.2) is 22.1 Å². The lowest BCUT2D eigenvalue weighted by Gasteiger charge is -2.05. The smallest absolute Gasteiger partial charge is 0.433 e. The number of furan rings is 1. The van der Waals surface area contributed by atoms with Crippen LogP contribution in [-0.2, 0) is 16.1 Å². The Bertz CT molecular complexity index is 371. The molecule has 0 aromatic carbocycles. The Morgan fingerprint density at radius 2 is 2.40 bits per heavy atom. The molecule has 0 bridgehead atoms. The fourth-order valence-corrected chi connectivity index (χ4v) is 0.821. The van der Waals surface area contributed by atoms with Crippen LogP contribution in [0.25, 0.3) is 0 Å². The molecule has 1 aromatic rings. The number of nitro groups is 1. The fraction of sp³-hybridized carbons (Fsp3) is 0.375. The van der Waals surface area contributed by atoms with E-state index in [0.29, 0.717) is 0 Å². The second-order valence-electron chi connectivity index (χ2n) is 2.79. The highest BCUT2D eigenvalue weighted by Gasteiger charge is 2.15. The van der Waals surface area contributed by atoms with Crippen molar-refractivity contribution in [3.8, 4) is 0 Å². The second-order valence-corrected chi connectivity index (χ2v) is 2.79. The largest absolute Gasteiger partial charge is 0.479 e. The molecule has 0 aliphatic rings. The van der Waals surface area contributed by atoms with Gasteiger partial charge >= 0.3 is 11.9 Å². The molecular formula is C8H9NO6. The average molecular weight is 215 g/mol. The van der Waals surface area contributed by atoms with Gasteiger partial charge in [0.1, 0.15) is 17.3 Å². The number of hydrogen-bond donors (Lipinski definition) is 1. The second kappa shape index (κ2) is 4.56. The number of carboxylic acids is 1. The topological polar surface area (TPSA) is 103 Å². The summed E-state index contributed by atoms with van der Waals surface area (Å²) >= 11 is 0. The molecule has 0 saturated heterocycles. The molecule has 1 aromatic heterocycles. The van der Waals surface area contributed by atoms with Gasteiger partial charge in [0.25, 0.3) is 0 Å². The normalized spacial score (nSPS) is 12.3. The van der Waals surface area contributed by atoms with E-state index in [1.165, 1.54) is 19.1 Å². The van der Waals surface area contributed by atoms with Gasteiger partial charge < -0.3 is 14.3 Å². The Morgan fingerprint density at radius 3 is 2.87 bits per heavy atom. The third-order valence-corrected chi connectivity index (χ3v) is 1.65. The van der Waals surface area contributed by atoms with Gasteiger partial charge in [-0.05, 0) is 13.0 Å².